The number of hydrogen-bond donors (Lipinski definition) is 0. The third kappa shape index (κ3) is 1.26. The van der Waals surface area contributed by atoms with Gasteiger partial charge in [0, 0.05) is 0 Å². The van der Waals surface area contributed by atoms with Crippen LogP contribution in [0.2, 0.25) is 0 Å². The molecule has 0 saturated heterocycles. The van der Waals surface area contributed by atoms with E-state index < -0.39 is 0 Å². The van der Waals surface area contributed by atoms with Gasteiger partial charge < -0.3 is 0 Å². The van der Waals surface area contributed by atoms with Gasteiger partial charge in [0.25, 0.3) is 0 Å². The number of nitrogens with zero attached hydrogens (tertiary/aromatic N) is 1. The van der Waals surface area contributed by atoms with Gasteiger partial charge in [0.2, 0.25) is 0 Å². The van der Waals surface area contributed by atoms with Crippen molar-refractivity contribution in [1.29, 1.82) is 0 Å². The molecule has 52 valence electrons. The van der Waals surface area contributed by atoms with Gasteiger partial charge in [-0.3, -0.25) is 0 Å². The van der Waals surface area contributed by atoms with Crippen molar-refractivity contribution in [2.24, 2.45) is 0 Å². The second-order valence-electron chi connectivity index (χ2n) is 2.79. The van der Waals surface area contributed by atoms with Crippen LogP contribution in [0.4, 0.5) is 0 Å². The molecule has 0 aliphatic carbocycles. The zero-order valence-electron chi connectivity index (χ0n) is 7.02. The van der Waals surface area contributed by atoms with Crippen molar-refractivity contribution in [2.75, 3.05) is 0 Å². The van der Waals surface area contributed by atoms with Gasteiger partial charge in [-0.2, -0.15) is 0 Å². The molecule has 0 amide bonds. The molecule has 0 N–H and O–H groups in total. The van der Waals surface area contributed by atoms with Gasteiger partial charge in [-0.15, -0.1) is 0 Å². The van der Waals surface area contributed by atoms with Crippen molar-refractivity contribution in [3.63, 3.8) is 0 Å². The fourth-order valence-corrected chi connectivity index (χ4v) is 0.962. The Hall–Kier alpha value is -0.655. The Morgan fingerprint density at radius 3 is 1.60 bits per heavy atom. The number of aryl methyl sites for hydroxylation is 4. The first-order valence-corrected chi connectivity index (χ1v) is 3.52. The van der Waals surface area contributed by atoms with Crippen LogP contribution in [0.15, 0.2) is 0 Å². The van der Waals surface area contributed by atoms with Crippen molar-refractivity contribution in [2.45, 2.75) is 27.7 Å². The molecule has 1 aromatic heterocycles. The zero-order chi connectivity index (χ0) is 7.72. The van der Waals surface area contributed by atoms with Gasteiger partial charge in [0.1, 0.15) is 0 Å². The Kier molecular flexibility index (Phi) is 1.88. The van der Waals surface area contributed by atoms with E-state index in [1.54, 1.807) is 0 Å². The SMILES string of the molecule is Cc1bc(C)c(C)nc1C. The standard InChI is InChI=1S/C8H12BN/c1-5-7(3)10-8(4)6(2)9-5/h1-4H3. The van der Waals surface area contributed by atoms with E-state index in [9.17, 15) is 0 Å². The first-order valence-electron chi connectivity index (χ1n) is 3.52. The summed E-state index contributed by atoms with van der Waals surface area (Å²) in [4.78, 5) is 4.37. The Morgan fingerprint density at radius 1 is 0.900 bits per heavy atom. The van der Waals surface area contributed by atoms with Gasteiger partial charge in [0.05, 0.1) is 0 Å². The quantitative estimate of drug-likeness (QED) is 0.524. The molecule has 1 rings (SSSR count). The first kappa shape index (κ1) is 7.45. The maximum absolute atomic E-state index is 4.37. The molecule has 1 nitrogen and oxygen atoms in total. The predicted molar refractivity (Wildman–Crippen MR) is 44.5 cm³/mol. The van der Waals surface area contributed by atoms with Gasteiger partial charge in [0.15, 0.2) is 0 Å². The second-order valence-corrected chi connectivity index (χ2v) is 2.79. The molecule has 0 atom stereocenters. The third-order valence-corrected chi connectivity index (χ3v) is 1.91. The van der Waals surface area contributed by atoms with E-state index in [1.165, 1.54) is 10.9 Å². The van der Waals surface area contributed by atoms with E-state index in [2.05, 4.69) is 25.7 Å². The molecule has 10 heavy (non-hydrogen) atoms. The summed E-state index contributed by atoms with van der Waals surface area (Å²) in [5, 5.41) is 0. The summed E-state index contributed by atoms with van der Waals surface area (Å²) in [6.07, 6.45) is 0. The molecular formula is C8H12BN. The van der Waals surface area contributed by atoms with Crippen LogP contribution in [-0.4, -0.2) is 11.9 Å². The average molecular weight is 133 g/mol. The fraction of sp³-hybridized carbons (Fsp3) is 0.500. The van der Waals surface area contributed by atoms with Gasteiger partial charge in [-0.1, -0.05) is 0 Å². The van der Waals surface area contributed by atoms with Crippen LogP contribution in [0.3, 0.4) is 0 Å². The fourth-order valence-electron chi connectivity index (χ4n) is 0.962. The molecular weight excluding hydrogens is 121 g/mol. The Balaban J connectivity index is 3.28. The van der Waals surface area contributed by atoms with Crippen LogP contribution >= 0.6 is 0 Å². The van der Waals surface area contributed by atoms with Crippen molar-refractivity contribution < 1.29 is 0 Å². The van der Waals surface area contributed by atoms with Crippen LogP contribution in [0.1, 0.15) is 22.3 Å². The molecule has 1 heterocycles. The second kappa shape index (κ2) is 2.53. The number of hydrogen-bond acceptors (Lipinski definition) is 1. The average Bonchev–Trinajstić information content (AvgIpc) is 1.84. The van der Waals surface area contributed by atoms with E-state index in [0.717, 1.165) is 11.4 Å². The predicted octanol–water partition coefficient (Wildman–Crippen LogP) is 1.65. The summed E-state index contributed by atoms with van der Waals surface area (Å²) in [5.41, 5.74) is 4.84. The zero-order valence-corrected chi connectivity index (χ0v) is 7.02. The van der Waals surface area contributed by atoms with Gasteiger partial charge in [-0.25, -0.2) is 0 Å². The molecule has 0 aliphatic rings. The molecule has 0 aliphatic heterocycles. The molecule has 0 bridgehead atoms. The molecule has 0 fully saturated rings. The molecule has 2 heteroatoms. The monoisotopic (exact) mass is 133 g/mol. The summed E-state index contributed by atoms with van der Waals surface area (Å²) in [6, 6.07) is 0. The first-order chi connectivity index (χ1) is 4.61. The van der Waals surface area contributed by atoms with Gasteiger partial charge >= 0.3 is 61.9 Å². The number of aromatic nitrogens is 1. The summed E-state index contributed by atoms with van der Waals surface area (Å²) in [6.45, 7) is 10.4. The summed E-state index contributed by atoms with van der Waals surface area (Å²) in [5.74, 6) is 0. The molecule has 1 aromatic rings. The molecule has 0 saturated carbocycles. The summed E-state index contributed by atoms with van der Waals surface area (Å²) < 4.78 is 0. The van der Waals surface area contributed by atoms with E-state index >= 15 is 0 Å². The molecule has 0 radical (unpaired) electrons. The van der Waals surface area contributed by atoms with Crippen molar-refractivity contribution in [3.8, 4) is 0 Å². The topological polar surface area (TPSA) is 12.9 Å². The van der Waals surface area contributed by atoms with E-state index in [-0.39, 0.29) is 0 Å². The van der Waals surface area contributed by atoms with E-state index in [4.69, 9.17) is 0 Å². The van der Waals surface area contributed by atoms with Crippen LogP contribution < -0.4 is 0 Å². The van der Waals surface area contributed by atoms with Crippen LogP contribution in [0.25, 0.3) is 0 Å². The molecule has 0 spiro atoms. The third-order valence-electron chi connectivity index (χ3n) is 1.91. The van der Waals surface area contributed by atoms with E-state index in [0.29, 0.717) is 0 Å². The summed E-state index contributed by atoms with van der Waals surface area (Å²) in [7, 11) is 0. The minimum absolute atomic E-state index is 1.14. The molecule has 0 aromatic carbocycles. The Bertz CT molecular complexity index is 205. The van der Waals surface area contributed by atoms with Gasteiger partial charge in [-0.05, 0) is 0 Å². The summed E-state index contributed by atoms with van der Waals surface area (Å²) >= 11 is 0. The van der Waals surface area contributed by atoms with Crippen molar-refractivity contribution in [3.05, 3.63) is 22.3 Å². The van der Waals surface area contributed by atoms with Crippen molar-refractivity contribution >= 4 is 6.91 Å². The molecule has 0 unspecified atom stereocenters. The normalized spacial score (nSPS) is 9.60. The Labute approximate surface area is 62.7 Å². The van der Waals surface area contributed by atoms with Crippen LogP contribution in [-0.2, 0) is 0 Å². The number of rotatable bonds is 0. The van der Waals surface area contributed by atoms with Crippen LogP contribution in [0, 0.1) is 27.7 Å². The Morgan fingerprint density at radius 2 is 1.30 bits per heavy atom. The van der Waals surface area contributed by atoms with E-state index in [1.807, 2.05) is 13.8 Å². The van der Waals surface area contributed by atoms with Crippen molar-refractivity contribution in [1.82, 2.24) is 4.98 Å². The minimum atomic E-state index is 1.14. The maximum atomic E-state index is 4.37. The van der Waals surface area contributed by atoms with Crippen LogP contribution in [0.5, 0.6) is 0 Å².